The first kappa shape index (κ1) is 14.6. The highest BCUT2D eigenvalue weighted by molar-refractivity contribution is 7.12. The molecule has 118 valence electrons. The number of anilines is 1. The van der Waals surface area contributed by atoms with E-state index >= 15 is 0 Å². The Morgan fingerprint density at radius 2 is 2.04 bits per heavy atom. The van der Waals surface area contributed by atoms with Crippen LogP contribution >= 0.6 is 11.3 Å². The number of carbonyl (C=O) groups is 1. The van der Waals surface area contributed by atoms with Gasteiger partial charge in [0.1, 0.15) is 0 Å². The number of fused-ring (bicyclic) bond motifs is 1. The fourth-order valence-electron chi connectivity index (χ4n) is 2.57. The molecule has 4 rings (SSSR count). The van der Waals surface area contributed by atoms with Gasteiger partial charge in [-0.3, -0.25) is 14.5 Å². The number of thiophene rings is 1. The highest BCUT2D eigenvalue weighted by Crippen LogP contribution is 2.17. The van der Waals surface area contributed by atoms with Crippen LogP contribution in [0, 0.1) is 0 Å². The normalized spacial score (nSPS) is 10.8. The van der Waals surface area contributed by atoms with Crippen LogP contribution in [0.1, 0.15) is 15.2 Å². The second-order valence-corrected chi connectivity index (χ2v) is 6.27. The van der Waals surface area contributed by atoms with Gasteiger partial charge in [0.25, 0.3) is 5.91 Å². The van der Waals surface area contributed by atoms with E-state index in [0.29, 0.717) is 17.2 Å². The largest absolute Gasteiger partial charge is 0.304 e. The Kier molecular flexibility index (Phi) is 3.80. The zero-order valence-electron chi connectivity index (χ0n) is 12.7. The van der Waals surface area contributed by atoms with Gasteiger partial charge in [0.2, 0.25) is 0 Å². The zero-order chi connectivity index (χ0) is 16.4. The Morgan fingerprint density at radius 1 is 1.12 bits per heavy atom. The van der Waals surface area contributed by atoms with E-state index in [9.17, 15) is 4.79 Å². The van der Waals surface area contributed by atoms with Gasteiger partial charge in [0, 0.05) is 23.8 Å². The maximum absolute atomic E-state index is 12.1. The van der Waals surface area contributed by atoms with E-state index in [1.54, 1.807) is 23.0 Å². The number of para-hydroxylation sites is 1. The molecule has 5 nitrogen and oxygen atoms in total. The van der Waals surface area contributed by atoms with Crippen molar-refractivity contribution in [2.75, 3.05) is 5.32 Å². The lowest BCUT2D eigenvalue weighted by atomic mass is 10.1. The minimum absolute atomic E-state index is 0.137. The summed E-state index contributed by atoms with van der Waals surface area (Å²) in [7, 11) is 0. The van der Waals surface area contributed by atoms with Crippen molar-refractivity contribution >= 4 is 34.0 Å². The van der Waals surface area contributed by atoms with Crippen molar-refractivity contribution in [2.24, 2.45) is 0 Å². The van der Waals surface area contributed by atoms with E-state index in [2.05, 4.69) is 15.4 Å². The first-order valence-corrected chi connectivity index (χ1v) is 8.38. The summed E-state index contributed by atoms with van der Waals surface area (Å²) in [5, 5.41) is 10.2. The molecule has 4 aromatic rings. The van der Waals surface area contributed by atoms with Gasteiger partial charge >= 0.3 is 0 Å². The molecule has 3 heterocycles. The highest BCUT2D eigenvalue weighted by atomic mass is 32.1. The molecule has 1 N–H and O–H groups in total. The van der Waals surface area contributed by atoms with Gasteiger partial charge < -0.3 is 5.32 Å². The van der Waals surface area contributed by atoms with Gasteiger partial charge in [0.05, 0.1) is 16.9 Å². The third-order valence-electron chi connectivity index (χ3n) is 3.68. The number of benzene rings is 1. The zero-order valence-corrected chi connectivity index (χ0v) is 13.5. The number of nitrogens with one attached hydrogen (secondary N) is 1. The SMILES string of the molecule is O=C(Nc1ccn(Cc2cccc3cccnc23)n1)c1cccs1. The van der Waals surface area contributed by atoms with Crippen molar-refractivity contribution in [1.82, 2.24) is 14.8 Å². The monoisotopic (exact) mass is 334 g/mol. The van der Waals surface area contributed by atoms with Crippen molar-refractivity contribution in [3.05, 3.63) is 76.7 Å². The van der Waals surface area contributed by atoms with Crippen molar-refractivity contribution in [2.45, 2.75) is 6.54 Å². The van der Waals surface area contributed by atoms with Crippen LogP contribution in [-0.4, -0.2) is 20.7 Å². The Hall–Kier alpha value is -2.99. The summed E-state index contributed by atoms with van der Waals surface area (Å²) in [6.07, 6.45) is 3.65. The molecule has 0 radical (unpaired) electrons. The summed E-state index contributed by atoms with van der Waals surface area (Å²) >= 11 is 1.41. The lowest BCUT2D eigenvalue weighted by Gasteiger charge is -2.06. The quantitative estimate of drug-likeness (QED) is 0.617. The molecule has 0 aliphatic carbocycles. The molecule has 0 aliphatic rings. The molecule has 0 saturated carbocycles. The summed E-state index contributed by atoms with van der Waals surface area (Å²) in [6.45, 7) is 0.600. The van der Waals surface area contributed by atoms with E-state index < -0.39 is 0 Å². The molecule has 0 saturated heterocycles. The molecular formula is C18H14N4OS. The van der Waals surface area contributed by atoms with Crippen molar-refractivity contribution < 1.29 is 4.79 Å². The average Bonchev–Trinajstić information content (AvgIpc) is 3.27. The summed E-state index contributed by atoms with van der Waals surface area (Å²) in [4.78, 5) is 17.2. The molecule has 1 aromatic carbocycles. The molecule has 0 aliphatic heterocycles. The van der Waals surface area contributed by atoms with Gasteiger partial charge in [-0.1, -0.05) is 30.3 Å². The topological polar surface area (TPSA) is 59.8 Å². The van der Waals surface area contributed by atoms with E-state index in [4.69, 9.17) is 0 Å². The van der Waals surface area contributed by atoms with Crippen LogP contribution in [0.2, 0.25) is 0 Å². The summed E-state index contributed by atoms with van der Waals surface area (Å²) < 4.78 is 1.80. The molecular weight excluding hydrogens is 320 g/mol. The maximum Gasteiger partial charge on any atom is 0.266 e. The van der Waals surface area contributed by atoms with Crippen LogP contribution in [0.4, 0.5) is 5.82 Å². The number of aromatic nitrogens is 3. The van der Waals surface area contributed by atoms with Crippen molar-refractivity contribution in [3.63, 3.8) is 0 Å². The third kappa shape index (κ3) is 2.91. The summed E-state index contributed by atoms with van der Waals surface area (Å²) in [5.41, 5.74) is 2.06. The van der Waals surface area contributed by atoms with Crippen LogP contribution in [-0.2, 0) is 6.54 Å². The summed E-state index contributed by atoms with van der Waals surface area (Å²) in [6, 6.07) is 15.5. The first-order valence-electron chi connectivity index (χ1n) is 7.50. The van der Waals surface area contributed by atoms with Gasteiger partial charge in [-0.05, 0) is 23.1 Å². The fourth-order valence-corrected chi connectivity index (χ4v) is 3.19. The number of amides is 1. The van der Waals surface area contributed by atoms with Gasteiger partial charge in [0.15, 0.2) is 5.82 Å². The molecule has 6 heteroatoms. The predicted octanol–water partition coefficient (Wildman–Crippen LogP) is 3.79. The third-order valence-corrected chi connectivity index (χ3v) is 4.54. The predicted molar refractivity (Wildman–Crippen MR) is 95.3 cm³/mol. The Morgan fingerprint density at radius 3 is 2.92 bits per heavy atom. The van der Waals surface area contributed by atoms with Crippen LogP contribution in [0.25, 0.3) is 10.9 Å². The number of nitrogens with zero attached hydrogens (tertiary/aromatic N) is 3. The average molecular weight is 334 g/mol. The second-order valence-electron chi connectivity index (χ2n) is 5.32. The maximum atomic E-state index is 12.1. The Balaban J connectivity index is 1.54. The number of rotatable bonds is 4. The van der Waals surface area contributed by atoms with Crippen LogP contribution in [0.5, 0.6) is 0 Å². The van der Waals surface area contributed by atoms with Crippen molar-refractivity contribution in [3.8, 4) is 0 Å². The van der Waals surface area contributed by atoms with Gasteiger partial charge in [-0.2, -0.15) is 5.10 Å². The second kappa shape index (κ2) is 6.25. The standard InChI is InChI=1S/C18H14N4OS/c23-18(15-7-3-11-24-15)20-16-8-10-22(21-16)12-14-5-1-4-13-6-2-9-19-17(13)14/h1-11H,12H2,(H,20,21,23). The molecule has 1 amide bonds. The van der Waals surface area contributed by atoms with Gasteiger partial charge in [-0.25, -0.2) is 0 Å². The van der Waals surface area contributed by atoms with Crippen LogP contribution in [0.15, 0.2) is 66.3 Å². The highest BCUT2D eigenvalue weighted by Gasteiger charge is 2.09. The Bertz CT molecular complexity index is 986. The lowest BCUT2D eigenvalue weighted by Crippen LogP contribution is -2.11. The molecule has 24 heavy (non-hydrogen) atoms. The lowest BCUT2D eigenvalue weighted by molar-refractivity contribution is 0.103. The van der Waals surface area contributed by atoms with Gasteiger partial charge in [-0.15, -0.1) is 11.3 Å². The first-order chi connectivity index (χ1) is 11.8. The van der Waals surface area contributed by atoms with Crippen LogP contribution in [0.3, 0.4) is 0 Å². The minimum atomic E-state index is -0.137. The number of hydrogen-bond donors (Lipinski definition) is 1. The molecule has 0 unspecified atom stereocenters. The minimum Gasteiger partial charge on any atom is -0.304 e. The molecule has 0 spiro atoms. The molecule has 3 aromatic heterocycles. The van der Waals surface area contributed by atoms with E-state index in [0.717, 1.165) is 16.5 Å². The fraction of sp³-hybridized carbons (Fsp3) is 0.0556. The Labute approximate surface area is 142 Å². The van der Waals surface area contributed by atoms with E-state index in [-0.39, 0.29) is 5.91 Å². The summed E-state index contributed by atoms with van der Waals surface area (Å²) in [5.74, 6) is 0.406. The van der Waals surface area contributed by atoms with Crippen molar-refractivity contribution in [1.29, 1.82) is 0 Å². The number of hydrogen-bond acceptors (Lipinski definition) is 4. The van der Waals surface area contributed by atoms with Crippen LogP contribution < -0.4 is 5.32 Å². The van der Waals surface area contributed by atoms with E-state index in [1.807, 2.05) is 48.0 Å². The van der Waals surface area contributed by atoms with E-state index in [1.165, 1.54) is 11.3 Å². The number of pyridine rings is 1. The molecule has 0 fully saturated rings. The molecule has 0 atom stereocenters. The number of carbonyl (C=O) groups excluding carboxylic acids is 1. The molecule has 0 bridgehead atoms. The smallest absolute Gasteiger partial charge is 0.266 e.